The zero-order valence-electron chi connectivity index (χ0n) is 11.1. The minimum absolute atomic E-state index is 0.144. The Kier molecular flexibility index (Phi) is 4.36. The standard InChI is InChI=1S/C13H10F4N2O2S/c1-19-10(20)9(18-12(19)22)6-7-3-2-4-8(5-7)21-13(16,17)11(14)15/h2-6,11H,1H3,(H,18,22). The van der Waals surface area contributed by atoms with E-state index in [4.69, 9.17) is 12.2 Å². The molecule has 0 spiro atoms. The van der Waals surface area contributed by atoms with Crippen LogP contribution in [0.4, 0.5) is 17.6 Å². The van der Waals surface area contributed by atoms with Gasteiger partial charge in [-0.1, -0.05) is 12.1 Å². The number of hydrogen-bond donors (Lipinski definition) is 1. The molecule has 22 heavy (non-hydrogen) atoms. The number of ether oxygens (including phenoxy) is 1. The molecule has 0 bridgehead atoms. The molecule has 9 heteroatoms. The number of benzene rings is 1. The van der Waals surface area contributed by atoms with Gasteiger partial charge in [-0.2, -0.15) is 17.6 Å². The third-order valence-electron chi connectivity index (χ3n) is 2.76. The first-order valence-corrected chi connectivity index (χ1v) is 6.37. The van der Waals surface area contributed by atoms with Crippen molar-refractivity contribution in [1.82, 2.24) is 10.2 Å². The molecular formula is C13H10F4N2O2S. The third kappa shape index (κ3) is 3.35. The summed E-state index contributed by atoms with van der Waals surface area (Å²) in [6.45, 7) is 0. The van der Waals surface area contributed by atoms with Crippen LogP contribution in [0.1, 0.15) is 5.56 Å². The van der Waals surface area contributed by atoms with Crippen LogP contribution in [0, 0.1) is 0 Å². The summed E-state index contributed by atoms with van der Waals surface area (Å²) in [7, 11) is 1.47. The maximum absolute atomic E-state index is 12.9. The summed E-state index contributed by atoms with van der Waals surface area (Å²) in [6, 6.07) is 5.06. The largest absolute Gasteiger partial charge is 0.461 e. The second kappa shape index (κ2) is 5.91. The predicted octanol–water partition coefficient (Wildman–Crippen LogP) is 2.61. The highest BCUT2D eigenvalue weighted by atomic mass is 32.1. The summed E-state index contributed by atoms with van der Waals surface area (Å²) in [6.07, 6.45) is -7.18. The van der Waals surface area contributed by atoms with Crippen molar-refractivity contribution in [3.63, 3.8) is 0 Å². The van der Waals surface area contributed by atoms with Gasteiger partial charge < -0.3 is 10.1 Å². The number of nitrogens with zero attached hydrogens (tertiary/aromatic N) is 1. The van der Waals surface area contributed by atoms with Gasteiger partial charge in [-0.05, 0) is 36.0 Å². The van der Waals surface area contributed by atoms with E-state index in [1.807, 2.05) is 0 Å². The first-order chi connectivity index (χ1) is 10.2. The summed E-state index contributed by atoms with van der Waals surface area (Å²) >= 11 is 4.88. The van der Waals surface area contributed by atoms with E-state index in [0.717, 1.165) is 12.1 Å². The van der Waals surface area contributed by atoms with E-state index in [-0.39, 0.29) is 10.8 Å². The lowest BCUT2D eigenvalue weighted by Crippen LogP contribution is -2.33. The van der Waals surface area contributed by atoms with Crippen LogP contribution in [-0.4, -0.2) is 35.5 Å². The zero-order chi connectivity index (χ0) is 16.5. The van der Waals surface area contributed by atoms with Crippen LogP contribution in [0.5, 0.6) is 5.75 Å². The smallest absolute Gasteiger partial charge is 0.428 e. The van der Waals surface area contributed by atoms with Crippen LogP contribution < -0.4 is 10.1 Å². The van der Waals surface area contributed by atoms with E-state index in [0.29, 0.717) is 5.56 Å². The Labute approximate surface area is 128 Å². The molecule has 1 amide bonds. The van der Waals surface area contributed by atoms with Gasteiger partial charge in [0, 0.05) is 7.05 Å². The fourth-order valence-electron chi connectivity index (χ4n) is 1.66. The van der Waals surface area contributed by atoms with Crippen molar-refractivity contribution in [2.75, 3.05) is 7.05 Å². The summed E-state index contributed by atoms with van der Waals surface area (Å²) < 4.78 is 53.9. The van der Waals surface area contributed by atoms with E-state index in [1.165, 1.54) is 30.2 Å². The second-order valence-electron chi connectivity index (χ2n) is 4.39. The van der Waals surface area contributed by atoms with Crippen LogP contribution in [0.2, 0.25) is 0 Å². The molecule has 0 unspecified atom stereocenters. The van der Waals surface area contributed by atoms with E-state index in [2.05, 4.69) is 10.1 Å². The number of likely N-dealkylation sites (N-methyl/N-ethyl adjacent to an activating group) is 1. The van der Waals surface area contributed by atoms with Crippen molar-refractivity contribution in [1.29, 1.82) is 0 Å². The minimum Gasteiger partial charge on any atom is -0.428 e. The summed E-state index contributed by atoms with van der Waals surface area (Å²) in [5.41, 5.74) is 0.460. The predicted molar refractivity (Wildman–Crippen MR) is 74.5 cm³/mol. The molecular weight excluding hydrogens is 324 g/mol. The molecule has 0 atom stereocenters. The molecule has 1 aliphatic heterocycles. The van der Waals surface area contributed by atoms with Gasteiger partial charge in [-0.25, -0.2) is 0 Å². The van der Waals surface area contributed by atoms with Crippen LogP contribution in [0.3, 0.4) is 0 Å². The van der Waals surface area contributed by atoms with Gasteiger partial charge in [0.25, 0.3) is 5.91 Å². The van der Waals surface area contributed by atoms with Crippen molar-refractivity contribution in [3.8, 4) is 5.75 Å². The highest BCUT2D eigenvalue weighted by Gasteiger charge is 2.44. The van der Waals surface area contributed by atoms with Gasteiger partial charge in [0.05, 0.1) is 0 Å². The number of amides is 1. The number of alkyl halides is 4. The first-order valence-electron chi connectivity index (χ1n) is 5.96. The SMILES string of the molecule is CN1C(=O)C(=Cc2cccc(OC(F)(F)C(F)F)c2)NC1=S. The molecule has 118 valence electrons. The van der Waals surface area contributed by atoms with Crippen molar-refractivity contribution in [3.05, 3.63) is 35.5 Å². The van der Waals surface area contributed by atoms with Gasteiger partial charge in [0.1, 0.15) is 11.4 Å². The van der Waals surface area contributed by atoms with E-state index in [1.54, 1.807) is 0 Å². The van der Waals surface area contributed by atoms with Crippen LogP contribution in [0.15, 0.2) is 30.0 Å². The van der Waals surface area contributed by atoms with Gasteiger partial charge in [0.15, 0.2) is 5.11 Å². The van der Waals surface area contributed by atoms with E-state index in [9.17, 15) is 22.4 Å². The molecule has 0 aromatic heterocycles. The maximum Gasteiger partial charge on any atom is 0.461 e. The van der Waals surface area contributed by atoms with Gasteiger partial charge >= 0.3 is 12.5 Å². The Morgan fingerprint density at radius 2 is 2.09 bits per heavy atom. The highest BCUT2D eigenvalue weighted by Crippen LogP contribution is 2.28. The average molecular weight is 334 g/mol. The first kappa shape index (κ1) is 16.2. The average Bonchev–Trinajstić information content (AvgIpc) is 2.66. The second-order valence-corrected chi connectivity index (χ2v) is 4.78. The number of halogens is 4. The molecule has 1 aliphatic rings. The Morgan fingerprint density at radius 3 is 2.64 bits per heavy atom. The molecule has 0 radical (unpaired) electrons. The molecule has 1 aromatic carbocycles. The third-order valence-corrected chi connectivity index (χ3v) is 3.13. The number of carbonyl (C=O) groups excluding carboxylic acids is 1. The maximum atomic E-state index is 12.9. The Bertz CT molecular complexity index is 649. The van der Waals surface area contributed by atoms with Crippen molar-refractivity contribution >= 4 is 29.3 Å². The molecule has 1 fully saturated rings. The summed E-state index contributed by atoms with van der Waals surface area (Å²) in [5.74, 6) is -0.838. The quantitative estimate of drug-likeness (QED) is 0.522. The molecule has 0 saturated carbocycles. The molecule has 1 N–H and O–H groups in total. The normalized spacial score (nSPS) is 17.4. The minimum atomic E-state index is -4.59. The van der Waals surface area contributed by atoms with E-state index < -0.39 is 24.2 Å². The number of carbonyl (C=O) groups is 1. The van der Waals surface area contributed by atoms with Crippen molar-refractivity contribution < 1.29 is 27.1 Å². The Morgan fingerprint density at radius 1 is 1.41 bits per heavy atom. The van der Waals surface area contributed by atoms with Gasteiger partial charge in [-0.3, -0.25) is 9.69 Å². The molecule has 2 rings (SSSR count). The lowest BCUT2D eigenvalue weighted by atomic mass is 10.2. The highest BCUT2D eigenvalue weighted by molar-refractivity contribution is 7.80. The summed E-state index contributed by atoms with van der Waals surface area (Å²) in [4.78, 5) is 13.0. The monoisotopic (exact) mass is 334 g/mol. The number of rotatable bonds is 4. The fourth-order valence-corrected chi connectivity index (χ4v) is 1.85. The van der Waals surface area contributed by atoms with Crippen LogP contribution in [0.25, 0.3) is 6.08 Å². The van der Waals surface area contributed by atoms with E-state index >= 15 is 0 Å². The molecule has 0 aliphatic carbocycles. The Hall–Kier alpha value is -2.16. The summed E-state index contributed by atoms with van der Waals surface area (Å²) in [5, 5.41) is 2.85. The van der Waals surface area contributed by atoms with Crippen molar-refractivity contribution in [2.24, 2.45) is 0 Å². The molecule has 1 saturated heterocycles. The molecule has 1 heterocycles. The zero-order valence-corrected chi connectivity index (χ0v) is 12.0. The molecule has 1 aromatic rings. The Balaban J connectivity index is 2.23. The topological polar surface area (TPSA) is 41.6 Å². The van der Waals surface area contributed by atoms with Crippen LogP contribution in [-0.2, 0) is 4.79 Å². The number of hydrogen-bond acceptors (Lipinski definition) is 3. The number of nitrogens with one attached hydrogen (secondary N) is 1. The van der Waals surface area contributed by atoms with Gasteiger partial charge in [-0.15, -0.1) is 0 Å². The lowest BCUT2D eigenvalue weighted by molar-refractivity contribution is -0.253. The van der Waals surface area contributed by atoms with Crippen molar-refractivity contribution in [2.45, 2.75) is 12.5 Å². The lowest BCUT2D eigenvalue weighted by Gasteiger charge is -2.16. The molecule has 4 nitrogen and oxygen atoms in total. The number of thiocarbonyl (C=S) groups is 1. The van der Waals surface area contributed by atoms with Crippen LogP contribution >= 0.6 is 12.2 Å². The van der Waals surface area contributed by atoms with Gasteiger partial charge in [0.2, 0.25) is 0 Å². The fraction of sp³-hybridized carbons (Fsp3) is 0.231.